The van der Waals surface area contributed by atoms with Crippen LogP contribution in [0.2, 0.25) is 0 Å². The fourth-order valence-corrected chi connectivity index (χ4v) is 20.3. The van der Waals surface area contributed by atoms with Crippen molar-refractivity contribution < 1.29 is 26.1 Å². The Kier molecular flexibility index (Phi) is 18.5. The average molecular weight is 1620 g/mol. The van der Waals surface area contributed by atoms with E-state index in [1.165, 1.54) is 76.2 Å². The molecule has 2 aliphatic rings. The molecule has 10 nitrogen and oxygen atoms in total. The molecule has 4 aromatic heterocycles. The van der Waals surface area contributed by atoms with Crippen molar-refractivity contribution in [3.05, 3.63) is 388 Å². The average Bonchev–Trinajstić information content (AvgIpc) is 1.53. The number of anilines is 6. The molecule has 0 atom stereocenters. The highest BCUT2D eigenvalue weighted by Gasteiger charge is 2.52. The second kappa shape index (κ2) is 29.1. The van der Waals surface area contributed by atoms with E-state index in [2.05, 4.69) is 281 Å². The molecule has 0 radical (unpaired) electrons. The summed E-state index contributed by atoms with van der Waals surface area (Å²) in [6, 6.07) is 127. The highest BCUT2D eigenvalue weighted by atomic mass is 79.9. The van der Waals surface area contributed by atoms with Crippen molar-refractivity contribution in [1.82, 2.24) is 8.80 Å². The van der Waals surface area contributed by atoms with E-state index < -0.39 is 19.7 Å². The summed E-state index contributed by atoms with van der Waals surface area (Å²) in [7, 11) is -7.57. The molecule has 568 valence electrons. The predicted octanol–water partition coefficient (Wildman–Crippen LogP) is 26.5. The second-order valence-electron chi connectivity index (χ2n) is 30.7. The van der Waals surface area contributed by atoms with Crippen molar-refractivity contribution in [1.29, 1.82) is 0 Å². The van der Waals surface area contributed by atoms with Crippen LogP contribution in [0, 0.1) is 7.43 Å². The minimum atomic E-state index is -3.73. The van der Waals surface area contributed by atoms with Gasteiger partial charge in [-0.15, -0.1) is 0 Å². The maximum Gasteiger partial charge on any atom is 0.494 e. The van der Waals surface area contributed by atoms with Crippen molar-refractivity contribution in [2.75, 3.05) is 9.80 Å². The number of fused-ring (bicyclic) bond motifs is 15. The molecule has 117 heavy (non-hydrogen) atoms. The molecule has 0 amide bonds. The van der Waals surface area contributed by atoms with Crippen LogP contribution in [-0.4, -0.2) is 44.0 Å². The summed E-state index contributed by atoms with van der Waals surface area (Å²) in [6.45, 7) is 8.41. The summed E-state index contributed by atoms with van der Waals surface area (Å²) < 4.78 is 72.0. The molecule has 0 aliphatic carbocycles. The van der Waals surface area contributed by atoms with Gasteiger partial charge < -0.3 is 35.3 Å². The van der Waals surface area contributed by atoms with Crippen LogP contribution in [0.25, 0.3) is 121 Å². The fraction of sp³-hybridized carbons (Fsp3) is 0.0583. The molecule has 0 bridgehead atoms. The van der Waals surface area contributed by atoms with Gasteiger partial charge in [0.05, 0.1) is 63.9 Å². The van der Waals surface area contributed by atoms with Crippen LogP contribution in [0.5, 0.6) is 0 Å². The van der Waals surface area contributed by atoms with E-state index in [1.807, 2.05) is 115 Å². The molecule has 0 saturated carbocycles. The van der Waals surface area contributed by atoms with Gasteiger partial charge in [-0.3, -0.25) is 0 Å². The van der Waals surface area contributed by atoms with Crippen molar-refractivity contribution in [3.8, 4) is 44.5 Å². The van der Waals surface area contributed by atoms with Gasteiger partial charge >= 0.3 is 7.12 Å². The Labute approximate surface area is 689 Å². The molecule has 2 aliphatic heterocycles. The number of para-hydroxylation sites is 8. The van der Waals surface area contributed by atoms with Gasteiger partial charge in [0, 0.05) is 92.8 Å². The Morgan fingerprint density at radius 3 is 0.983 bits per heavy atom. The zero-order valence-electron chi connectivity index (χ0n) is 64.8. The fourth-order valence-electron chi connectivity index (χ4n) is 17.0. The minimum Gasteiger partial charge on any atom is -0.399 e. The first kappa shape index (κ1) is 74.2. The first-order valence-corrected chi connectivity index (χ1v) is 42.6. The van der Waals surface area contributed by atoms with Crippen LogP contribution in [0.15, 0.2) is 400 Å². The Morgan fingerprint density at radius 1 is 0.316 bits per heavy atom. The van der Waals surface area contributed by atoms with Crippen molar-refractivity contribution in [3.63, 3.8) is 0 Å². The van der Waals surface area contributed by atoms with Gasteiger partial charge in [0.1, 0.15) is 0 Å². The molecule has 6 heterocycles. The maximum atomic E-state index is 13.8. The highest BCUT2D eigenvalue weighted by molar-refractivity contribution is 9.10. The lowest BCUT2D eigenvalue weighted by atomic mass is 9.77. The van der Waals surface area contributed by atoms with E-state index in [0.717, 1.165) is 88.6 Å². The monoisotopic (exact) mass is 1620 g/mol. The normalized spacial score (nSPS) is 13.9. The Morgan fingerprint density at radius 2 is 0.607 bits per heavy atom. The topological polar surface area (TPSA) is 102 Å². The standard InChI is InChI=1S/C48H32N2O2S.C30H20BrNO2S.C24H22BNO2.CH3/c51-53(52,40-27-21-34(22-28-40)33-19-25-39(26-20-33)49(37-11-3-1-4-12-37)38-13-5-2-6-14-38)41-29-23-35(24-30-41)36-31-44-42-15-7-9-17-46(42)50-47-18-10-8-16-43(47)45(32-36)48(44)50;31-23-14-18-30-28(20-23)27-19-22(13-17-29(27)35(30,33)34)21-11-15-26(16-12-21)32(24-7-3-1-4-8-24)25-9-5-2-6-10-25;1-23(2)24(3,4)28-25(27-23)15-13-18-16-9-5-7-11-20(16)26-21-12-8-6-10-17(21)19(14-15)22(18)26;/h1-32H;1-20H;5-14H,1-4H3;1H3/q;;;-1. The molecule has 1 fully saturated rings. The molecule has 1 saturated heterocycles. The van der Waals surface area contributed by atoms with E-state index in [0.29, 0.717) is 9.79 Å². The second-order valence-corrected chi connectivity index (χ2v) is 35.5. The lowest BCUT2D eigenvalue weighted by Crippen LogP contribution is -2.41. The largest absolute Gasteiger partial charge is 0.494 e. The van der Waals surface area contributed by atoms with E-state index >= 15 is 0 Å². The van der Waals surface area contributed by atoms with Gasteiger partial charge in [-0.1, -0.05) is 228 Å². The Bertz CT molecular complexity index is 7160. The summed E-state index contributed by atoms with van der Waals surface area (Å²) >= 11 is 3.48. The van der Waals surface area contributed by atoms with Gasteiger partial charge in [-0.05, 0) is 230 Å². The number of sulfone groups is 2. The lowest BCUT2D eigenvalue weighted by molar-refractivity contribution is 0.00578. The Hall–Kier alpha value is -12.9. The molecule has 16 aromatic carbocycles. The molecule has 0 N–H and O–H groups in total. The number of hydrogen-bond donors (Lipinski definition) is 0. The molecular weight excluding hydrogens is 1540 g/mol. The van der Waals surface area contributed by atoms with Crippen LogP contribution >= 0.6 is 15.9 Å². The summed E-state index contributed by atoms with van der Waals surface area (Å²) in [5.74, 6) is 0. The zero-order chi connectivity index (χ0) is 78.8. The molecule has 0 unspecified atom stereocenters. The van der Waals surface area contributed by atoms with Crippen molar-refractivity contribution in [2.24, 2.45) is 0 Å². The third kappa shape index (κ3) is 12.7. The van der Waals surface area contributed by atoms with Crippen LogP contribution in [-0.2, 0) is 29.0 Å². The number of rotatable bonds is 12. The Balaban J connectivity index is 0.000000123. The van der Waals surface area contributed by atoms with E-state index in [-0.39, 0.29) is 35.5 Å². The van der Waals surface area contributed by atoms with Gasteiger partial charge in [0.15, 0.2) is 0 Å². The maximum absolute atomic E-state index is 13.8. The summed E-state index contributed by atoms with van der Waals surface area (Å²) in [4.78, 5) is 5.70. The summed E-state index contributed by atoms with van der Waals surface area (Å²) in [6.07, 6.45) is 0. The van der Waals surface area contributed by atoms with Crippen LogP contribution in [0.3, 0.4) is 0 Å². The molecule has 14 heteroatoms. The lowest BCUT2D eigenvalue weighted by Gasteiger charge is -2.32. The number of hydrogen-bond acceptors (Lipinski definition) is 8. The predicted molar refractivity (Wildman–Crippen MR) is 487 cm³/mol. The molecule has 20 aromatic rings. The number of aromatic nitrogens is 2. The van der Waals surface area contributed by atoms with Crippen molar-refractivity contribution in [2.45, 2.75) is 58.5 Å². The first-order chi connectivity index (χ1) is 56.4. The van der Waals surface area contributed by atoms with E-state index in [9.17, 15) is 16.8 Å². The smallest absolute Gasteiger partial charge is 0.399 e. The highest BCUT2D eigenvalue weighted by Crippen LogP contribution is 2.49. The van der Waals surface area contributed by atoms with E-state index in [1.54, 1.807) is 42.5 Å². The third-order valence-electron chi connectivity index (χ3n) is 23.4. The molecule has 0 spiro atoms. The quantitative estimate of drug-likeness (QED) is 0.0881. The van der Waals surface area contributed by atoms with Crippen LogP contribution in [0.4, 0.5) is 34.1 Å². The van der Waals surface area contributed by atoms with Gasteiger partial charge in [0.25, 0.3) is 0 Å². The molecule has 22 rings (SSSR count). The van der Waals surface area contributed by atoms with Crippen molar-refractivity contribution >= 4 is 158 Å². The SMILES string of the molecule is CC1(C)OB(c2cc3c4ccccc4n4c5ccccc5c(c2)c34)OC1(C)C.O=S(=O)(c1ccc(-c2ccc(N(c3ccccc3)c3ccccc3)cc2)cc1)c1ccc(-c2cc3c4ccccc4n4c5ccccc5c(c2)c34)cc1.O=S1(=O)c2ccc(Br)cc2-c2cc(-c3ccc(N(c4ccccc4)c4ccccc4)cc3)ccc21.[CH3-]. The first-order valence-electron chi connectivity index (χ1n) is 38.8. The van der Waals surface area contributed by atoms with E-state index in [4.69, 9.17) is 9.31 Å². The van der Waals surface area contributed by atoms with Gasteiger partial charge in [0.2, 0.25) is 19.7 Å². The summed E-state index contributed by atoms with van der Waals surface area (Å²) in [5.41, 5.74) is 21.6. The third-order valence-corrected chi connectivity index (χ3v) is 27.5. The number of benzene rings is 16. The number of halogens is 1. The van der Waals surface area contributed by atoms with Crippen LogP contribution < -0.4 is 15.3 Å². The van der Waals surface area contributed by atoms with Gasteiger partial charge in [-0.25, -0.2) is 16.8 Å². The minimum absolute atomic E-state index is 0. The summed E-state index contributed by atoms with van der Waals surface area (Å²) in [5, 5.41) is 9.86. The zero-order valence-corrected chi connectivity index (χ0v) is 68.0. The molecular formula is C103H77BBrN4O6S2-. The number of nitrogens with zero attached hydrogens (tertiary/aromatic N) is 4. The van der Waals surface area contributed by atoms with Crippen LogP contribution in [0.1, 0.15) is 27.7 Å². The van der Waals surface area contributed by atoms with Gasteiger partial charge in [-0.2, -0.15) is 0 Å².